The summed E-state index contributed by atoms with van der Waals surface area (Å²) in [5.41, 5.74) is 2.18. The molecular weight excluding hydrogens is 292 g/mol. The molecule has 0 unspecified atom stereocenters. The van der Waals surface area contributed by atoms with Crippen LogP contribution in [0.15, 0.2) is 18.3 Å². The number of halogens is 1. The highest BCUT2D eigenvalue weighted by atomic mass is 35.5. The topological polar surface area (TPSA) is 80.0 Å². The molecule has 0 amide bonds. The Hall–Kier alpha value is -2.08. The van der Waals surface area contributed by atoms with Crippen LogP contribution in [0.5, 0.6) is 0 Å². The fraction of sp³-hybridized carbons (Fsp3) is 0.357. The third kappa shape index (κ3) is 3.95. The monoisotopic (exact) mass is 308 g/mol. The van der Waals surface area contributed by atoms with Gasteiger partial charge in [0.25, 0.3) is 0 Å². The van der Waals surface area contributed by atoms with Crippen LogP contribution < -0.4 is 5.32 Å². The molecule has 2 N–H and O–H groups in total. The van der Waals surface area contributed by atoms with Crippen LogP contribution in [-0.2, 0) is 6.54 Å². The second-order valence-electron chi connectivity index (χ2n) is 4.79. The minimum absolute atomic E-state index is 0.0488. The van der Waals surface area contributed by atoms with E-state index in [-0.39, 0.29) is 10.6 Å². The van der Waals surface area contributed by atoms with Crippen LogP contribution in [0.25, 0.3) is 0 Å². The summed E-state index contributed by atoms with van der Waals surface area (Å²) < 4.78 is 1.95. The number of pyridine rings is 1. The van der Waals surface area contributed by atoms with Gasteiger partial charge in [0.15, 0.2) is 0 Å². The van der Waals surface area contributed by atoms with Crippen LogP contribution in [0.4, 0.5) is 5.82 Å². The lowest BCUT2D eigenvalue weighted by Gasteiger charge is -2.08. The Morgan fingerprint density at radius 3 is 2.81 bits per heavy atom. The first-order valence-corrected chi connectivity index (χ1v) is 6.99. The molecule has 0 saturated carbocycles. The summed E-state index contributed by atoms with van der Waals surface area (Å²) in [7, 11) is 0. The Bertz CT molecular complexity index is 654. The molecule has 0 spiro atoms. The van der Waals surface area contributed by atoms with Crippen molar-refractivity contribution in [2.45, 2.75) is 26.8 Å². The minimum Gasteiger partial charge on any atom is -0.478 e. The van der Waals surface area contributed by atoms with Gasteiger partial charge >= 0.3 is 5.97 Å². The summed E-state index contributed by atoms with van der Waals surface area (Å²) in [6.07, 6.45) is 2.20. The van der Waals surface area contributed by atoms with Crippen LogP contribution in [0.1, 0.15) is 28.2 Å². The van der Waals surface area contributed by atoms with E-state index in [1.807, 2.05) is 24.6 Å². The standard InChI is InChI=1S/C14H17ClN4O2/c1-9-6-10(2)19(18-9)5-3-4-16-13-7-11(14(20)21)12(15)8-17-13/h6-8H,3-5H2,1-2H3,(H,16,17)(H,20,21). The van der Waals surface area contributed by atoms with E-state index < -0.39 is 5.97 Å². The van der Waals surface area contributed by atoms with Gasteiger partial charge in [-0.05, 0) is 32.4 Å². The van der Waals surface area contributed by atoms with E-state index in [4.69, 9.17) is 16.7 Å². The van der Waals surface area contributed by atoms with Gasteiger partial charge in [0.2, 0.25) is 0 Å². The second-order valence-corrected chi connectivity index (χ2v) is 5.19. The van der Waals surface area contributed by atoms with Crippen LogP contribution >= 0.6 is 11.6 Å². The highest BCUT2D eigenvalue weighted by Gasteiger charge is 2.10. The van der Waals surface area contributed by atoms with Crippen molar-refractivity contribution >= 4 is 23.4 Å². The molecule has 0 radical (unpaired) electrons. The molecule has 2 heterocycles. The number of aromatic carboxylic acids is 1. The lowest BCUT2D eigenvalue weighted by Crippen LogP contribution is -2.10. The quantitative estimate of drug-likeness (QED) is 0.802. The highest BCUT2D eigenvalue weighted by Crippen LogP contribution is 2.17. The molecule has 0 aliphatic heterocycles. The third-order valence-electron chi connectivity index (χ3n) is 3.04. The van der Waals surface area contributed by atoms with Gasteiger partial charge in [0, 0.05) is 25.0 Å². The summed E-state index contributed by atoms with van der Waals surface area (Å²) in [6, 6.07) is 3.47. The highest BCUT2D eigenvalue weighted by molar-refractivity contribution is 6.33. The molecule has 0 fully saturated rings. The maximum atomic E-state index is 11.0. The van der Waals surface area contributed by atoms with Gasteiger partial charge in [0.05, 0.1) is 16.3 Å². The first-order chi connectivity index (χ1) is 9.97. The van der Waals surface area contributed by atoms with Crippen LogP contribution in [0.2, 0.25) is 5.02 Å². The summed E-state index contributed by atoms with van der Waals surface area (Å²) >= 11 is 5.77. The van der Waals surface area contributed by atoms with Crippen molar-refractivity contribution in [3.63, 3.8) is 0 Å². The van der Waals surface area contributed by atoms with E-state index in [9.17, 15) is 4.79 Å². The number of rotatable bonds is 6. The van der Waals surface area contributed by atoms with Crippen LogP contribution in [0, 0.1) is 13.8 Å². The van der Waals surface area contributed by atoms with E-state index in [1.54, 1.807) is 0 Å². The molecule has 0 bridgehead atoms. The average molecular weight is 309 g/mol. The van der Waals surface area contributed by atoms with E-state index in [0.29, 0.717) is 12.4 Å². The zero-order valence-electron chi connectivity index (χ0n) is 11.9. The molecule has 0 aliphatic rings. The number of carboxylic acids is 1. The molecule has 6 nitrogen and oxygen atoms in total. The smallest absolute Gasteiger partial charge is 0.337 e. The molecule has 112 valence electrons. The van der Waals surface area contributed by atoms with Crippen molar-refractivity contribution < 1.29 is 9.90 Å². The number of hydrogen-bond acceptors (Lipinski definition) is 4. The Morgan fingerprint density at radius 2 is 2.19 bits per heavy atom. The summed E-state index contributed by atoms with van der Waals surface area (Å²) in [6.45, 7) is 5.46. The van der Waals surface area contributed by atoms with Gasteiger partial charge in [-0.25, -0.2) is 9.78 Å². The third-order valence-corrected chi connectivity index (χ3v) is 3.34. The Labute approximate surface area is 127 Å². The van der Waals surface area contributed by atoms with Gasteiger partial charge in [0.1, 0.15) is 5.82 Å². The van der Waals surface area contributed by atoms with Gasteiger partial charge in [-0.2, -0.15) is 5.10 Å². The molecule has 0 aliphatic carbocycles. The number of carboxylic acid groups (broad SMARTS) is 1. The van der Waals surface area contributed by atoms with Crippen LogP contribution in [0.3, 0.4) is 0 Å². The first-order valence-electron chi connectivity index (χ1n) is 6.61. The molecule has 2 aromatic heterocycles. The van der Waals surface area contributed by atoms with Gasteiger partial charge < -0.3 is 10.4 Å². The zero-order chi connectivity index (χ0) is 15.4. The number of carbonyl (C=O) groups is 1. The first kappa shape index (κ1) is 15.3. The normalized spacial score (nSPS) is 10.6. The number of nitrogens with zero attached hydrogens (tertiary/aromatic N) is 3. The maximum Gasteiger partial charge on any atom is 0.337 e. The molecule has 2 rings (SSSR count). The Balaban J connectivity index is 1.88. The number of aromatic nitrogens is 3. The predicted octanol–water partition coefficient (Wildman–Crippen LogP) is 2.75. The minimum atomic E-state index is -1.06. The van der Waals surface area contributed by atoms with Crippen molar-refractivity contribution in [3.05, 3.63) is 40.3 Å². The molecule has 0 atom stereocenters. The van der Waals surface area contributed by atoms with Crippen molar-refractivity contribution in [3.8, 4) is 0 Å². The largest absolute Gasteiger partial charge is 0.478 e. The fourth-order valence-corrected chi connectivity index (χ4v) is 2.23. The zero-order valence-corrected chi connectivity index (χ0v) is 12.7. The van der Waals surface area contributed by atoms with E-state index >= 15 is 0 Å². The lowest BCUT2D eigenvalue weighted by molar-refractivity contribution is 0.0697. The maximum absolute atomic E-state index is 11.0. The van der Waals surface area contributed by atoms with E-state index in [0.717, 1.165) is 24.4 Å². The van der Waals surface area contributed by atoms with Crippen molar-refractivity contribution in [1.29, 1.82) is 0 Å². The van der Waals surface area contributed by atoms with E-state index in [2.05, 4.69) is 15.4 Å². The Morgan fingerprint density at radius 1 is 1.43 bits per heavy atom. The van der Waals surface area contributed by atoms with Crippen LogP contribution in [-0.4, -0.2) is 32.4 Å². The van der Waals surface area contributed by atoms with E-state index in [1.165, 1.54) is 12.3 Å². The number of anilines is 1. The van der Waals surface area contributed by atoms with Gasteiger partial charge in [-0.15, -0.1) is 0 Å². The molecule has 7 heteroatoms. The molecule has 0 saturated heterocycles. The lowest BCUT2D eigenvalue weighted by atomic mass is 10.2. The Kier molecular flexibility index (Phi) is 4.80. The fourth-order valence-electron chi connectivity index (χ4n) is 2.05. The average Bonchev–Trinajstić information content (AvgIpc) is 2.74. The summed E-state index contributed by atoms with van der Waals surface area (Å²) in [5.74, 6) is -0.557. The number of hydrogen-bond donors (Lipinski definition) is 2. The predicted molar refractivity (Wildman–Crippen MR) is 81.0 cm³/mol. The van der Waals surface area contributed by atoms with Crippen molar-refractivity contribution in [1.82, 2.24) is 14.8 Å². The molecule has 0 aromatic carbocycles. The van der Waals surface area contributed by atoms with Gasteiger partial charge in [-0.1, -0.05) is 11.6 Å². The summed E-state index contributed by atoms with van der Waals surface area (Å²) in [4.78, 5) is 15.0. The molecule has 21 heavy (non-hydrogen) atoms. The van der Waals surface area contributed by atoms with Crippen molar-refractivity contribution in [2.75, 3.05) is 11.9 Å². The molecular formula is C14H17ClN4O2. The number of aryl methyl sites for hydroxylation is 3. The van der Waals surface area contributed by atoms with Gasteiger partial charge in [-0.3, -0.25) is 4.68 Å². The van der Waals surface area contributed by atoms with Crippen molar-refractivity contribution in [2.24, 2.45) is 0 Å². The summed E-state index contributed by atoms with van der Waals surface area (Å²) in [5, 5.41) is 16.6. The number of nitrogens with one attached hydrogen (secondary N) is 1. The second kappa shape index (κ2) is 6.58. The SMILES string of the molecule is Cc1cc(C)n(CCCNc2cc(C(=O)O)c(Cl)cn2)n1. The molecule has 2 aromatic rings.